The van der Waals surface area contributed by atoms with Crippen LogP contribution in [0.25, 0.3) is 0 Å². The molecule has 0 aromatic heterocycles. The number of carbonyl (C=O) groups excluding carboxylic acids is 3. The van der Waals surface area contributed by atoms with Crippen molar-refractivity contribution in [2.24, 2.45) is 0 Å². The molecular formula is C72H132O6. The first-order chi connectivity index (χ1) is 38.5. The Morgan fingerprint density at radius 3 is 0.731 bits per heavy atom. The third-order valence-corrected chi connectivity index (χ3v) is 15.6. The normalized spacial score (nSPS) is 12.3. The van der Waals surface area contributed by atoms with Crippen molar-refractivity contribution < 1.29 is 28.6 Å². The Balaban J connectivity index is 4.15. The fourth-order valence-electron chi connectivity index (χ4n) is 10.3. The van der Waals surface area contributed by atoms with Crippen LogP contribution >= 0.6 is 0 Å². The smallest absolute Gasteiger partial charge is 0.306 e. The molecule has 0 aliphatic heterocycles. The van der Waals surface area contributed by atoms with Crippen molar-refractivity contribution in [2.45, 2.75) is 380 Å². The quantitative estimate of drug-likeness (QED) is 0.0261. The zero-order valence-electron chi connectivity index (χ0n) is 52.5. The first-order valence-corrected chi connectivity index (χ1v) is 34.6. The summed E-state index contributed by atoms with van der Waals surface area (Å²) in [6.45, 7) is 6.65. The Labute approximate surface area is 486 Å². The maximum absolute atomic E-state index is 12.9. The van der Waals surface area contributed by atoms with Crippen LogP contribution < -0.4 is 0 Å². The van der Waals surface area contributed by atoms with Gasteiger partial charge in [-0.05, 0) is 83.5 Å². The van der Waals surface area contributed by atoms with Gasteiger partial charge in [-0.15, -0.1) is 0 Å². The van der Waals surface area contributed by atoms with Gasteiger partial charge in [-0.25, -0.2) is 0 Å². The fraction of sp³-hybridized carbons (Fsp3) is 0.847. The van der Waals surface area contributed by atoms with Gasteiger partial charge in [0.2, 0.25) is 0 Å². The average molecular weight is 1090 g/mol. The lowest BCUT2D eigenvalue weighted by Gasteiger charge is -2.18. The molecule has 456 valence electrons. The number of esters is 3. The minimum absolute atomic E-state index is 0.0736. The molecule has 0 heterocycles. The fourth-order valence-corrected chi connectivity index (χ4v) is 10.3. The van der Waals surface area contributed by atoms with Crippen LogP contribution in [-0.2, 0) is 28.6 Å². The average Bonchev–Trinajstić information content (AvgIpc) is 3.44. The minimum Gasteiger partial charge on any atom is -0.462 e. The Bertz CT molecular complexity index is 1350. The van der Waals surface area contributed by atoms with Crippen LogP contribution in [0.2, 0.25) is 0 Å². The molecular weight excluding hydrogens is 961 g/mol. The predicted molar refractivity (Wildman–Crippen MR) is 339 cm³/mol. The van der Waals surface area contributed by atoms with E-state index in [-0.39, 0.29) is 31.1 Å². The maximum atomic E-state index is 12.9. The topological polar surface area (TPSA) is 78.9 Å². The molecule has 0 N–H and O–H groups in total. The largest absolute Gasteiger partial charge is 0.462 e. The number of rotatable bonds is 64. The van der Waals surface area contributed by atoms with Gasteiger partial charge in [0.05, 0.1) is 0 Å². The van der Waals surface area contributed by atoms with Crippen molar-refractivity contribution in [3.05, 3.63) is 48.6 Å². The van der Waals surface area contributed by atoms with Crippen LogP contribution in [0.3, 0.4) is 0 Å². The van der Waals surface area contributed by atoms with Gasteiger partial charge in [-0.1, -0.05) is 320 Å². The van der Waals surface area contributed by atoms with Gasteiger partial charge in [0.1, 0.15) is 13.2 Å². The van der Waals surface area contributed by atoms with Gasteiger partial charge in [0, 0.05) is 19.3 Å². The van der Waals surface area contributed by atoms with Crippen LogP contribution in [0, 0.1) is 0 Å². The number of allylic oxidation sites excluding steroid dienone is 8. The highest BCUT2D eigenvalue weighted by Gasteiger charge is 2.19. The van der Waals surface area contributed by atoms with Crippen LogP contribution in [-0.4, -0.2) is 37.2 Å². The molecule has 0 bridgehead atoms. The summed E-state index contributed by atoms with van der Waals surface area (Å²) >= 11 is 0. The van der Waals surface area contributed by atoms with Gasteiger partial charge >= 0.3 is 17.9 Å². The summed E-state index contributed by atoms with van der Waals surface area (Å²) in [5.74, 6) is -0.863. The molecule has 0 aromatic carbocycles. The molecule has 0 amide bonds. The van der Waals surface area contributed by atoms with E-state index in [1.165, 1.54) is 244 Å². The molecule has 0 saturated carbocycles. The third kappa shape index (κ3) is 64.2. The van der Waals surface area contributed by atoms with Crippen molar-refractivity contribution in [3.8, 4) is 0 Å². The van der Waals surface area contributed by atoms with E-state index in [9.17, 15) is 14.4 Å². The van der Waals surface area contributed by atoms with Crippen LogP contribution in [0.15, 0.2) is 48.6 Å². The minimum atomic E-state index is -0.778. The predicted octanol–water partition coefficient (Wildman–Crippen LogP) is 23.7. The summed E-state index contributed by atoms with van der Waals surface area (Å²) < 4.78 is 16.9. The van der Waals surface area contributed by atoms with Crippen LogP contribution in [0.1, 0.15) is 374 Å². The molecule has 0 saturated heterocycles. The summed E-state index contributed by atoms with van der Waals surface area (Å²) in [5.41, 5.74) is 0. The van der Waals surface area contributed by atoms with Crippen molar-refractivity contribution in [3.63, 3.8) is 0 Å². The van der Waals surface area contributed by atoms with E-state index >= 15 is 0 Å². The monoisotopic (exact) mass is 1090 g/mol. The lowest BCUT2D eigenvalue weighted by molar-refractivity contribution is -0.167. The van der Waals surface area contributed by atoms with E-state index in [0.29, 0.717) is 19.3 Å². The molecule has 1 unspecified atom stereocenters. The van der Waals surface area contributed by atoms with Crippen molar-refractivity contribution >= 4 is 17.9 Å². The molecule has 0 fully saturated rings. The number of unbranched alkanes of at least 4 members (excludes halogenated alkanes) is 45. The molecule has 6 nitrogen and oxygen atoms in total. The number of ether oxygens (including phenoxy) is 3. The van der Waals surface area contributed by atoms with E-state index < -0.39 is 6.10 Å². The number of carbonyl (C=O) groups is 3. The highest BCUT2D eigenvalue weighted by Crippen LogP contribution is 2.18. The summed E-state index contributed by atoms with van der Waals surface area (Å²) in [7, 11) is 0. The number of hydrogen-bond acceptors (Lipinski definition) is 6. The van der Waals surface area contributed by atoms with Gasteiger partial charge < -0.3 is 14.2 Å². The summed E-state index contributed by atoms with van der Waals surface area (Å²) in [5, 5.41) is 0. The summed E-state index contributed by atoms with van der Waals surface area (Å²) in [4.78, 5) is 38.3. The van der Waals surface area contributed by atoms with E-state index in [4.69, 9.17) is 14.2 Å². The first kappa shape index (κ1) is 75.4. The van der Waals surface area contributed by atoms with E-state index in [0.717, 1.165) is 89.9 Å². The molecule has 0 rings (SSSR count). The summed E-state index contributed by atoms with van der Waals surface area (Å²) in [6, 6.07) is 0. The van der Waals surface area contributed by atoms with Gasteiger partial charge in [0.25, 0.3) is 0 Å². The lowest BCUT2D eigenvalue weighted by Crippen LogP contribution is -2.30. The molecule has 6 heteroatoms. The number of hydrogen-bond donors (Lipinski definition) is 0. The van der Waals surface area contributed by atoms with Crippen LogP contribution in [0.5, 0.6) is 0 Å². The van der Waals surface area contributed by atoms with Gasteiger partial charge in [-0.3, -0.25) is 14.4 Å². The highest BCUT2D eigenvalue weighted by atomic mass is 16.6. The Morgan fingerprint density at radius 1 is 0.256 bits per heavy atom. The van der Waals surface area contributed by atoms with Crippen molar-refractivity contribution in [2.75, 3.05) is 13.2 Å². The SMILES string of the molecule is CCCCC/C=C\C/C=C\CCCCCCCC(=O)OC(COC(=O)CCCCCCCCCCCCCCCC)COC(=O)CCCCCCCCCCCCCCCCCCCCC/C=C\C/C=C\CCCCCCC. The molecule has 0 spiro atoms. The zero-order chi connectivity index (χ0) is 56.4. The Morgan fingerprint density at radius 2 is 0.462 bits per heavy atom. The second-order valence-electron chi connectivity index (χ2n) is 23.4. The van der Waals surface area contributed by atoms with E-state index in [1.807, 2.05) is 0 Å². The van der Waals surface area contributed by atoms with E-state index in [2.05, 4.69) is 69.4 Å². The van der Waals surface area contributed by atoms with Crippen molar-refractivity contribution in [1.82, 2.24) is 0 Å². The maximum Gasteiger partial charge on any atom is 0.306 e. The molecule has 78 heavy (non-hydrogen) atoms. The van der Waals surface area contributed by atoms with Crippen molar-refractivity contribution in [1.29, 1.82) is 0 Å². The summed E-state index contributed by atoms with van der Waals surface area (Å²) in [6.07, 6.45) is 84.3. The molecule has 0 aromatic rings. The zero-order valence-corrected chi connectivity index (χ0v) is 52.5. The third-order valence-electron chi connectivity index (χ3n) is 15.6. The van der Waals surface area contributed by atoms with Gasteiger partial charge in [-0.2, -0.15) is 0 Å². The molecule has 0 aliphatic rings. The highest BCUT2D eigenvalue weighted by molar-refractivity contribution is 5.71. The molecule has 0 aliphatic carbocycles. The first-order valence-electron chi connectivity index (χ1n) is 34.6. The van der Waals surface area contributed by atoms with Crippen LogP contribution in [0.4, 0.5) is 0 Å². The Hall–Kier alpha value is -2.63. The standard InChI is InChI=1S/C72H132O6/c1-4-7-10-13-16-19-22-25-28-29-30-31-32-33-34-35-36-37-38-39-40-41-42-43-45-47-50-53-56-59-62-65-71(74)77-68-69(67-76-70(73)64-61-58-55-52-49-46-27-24-21-18-15-12-9-6-3)78-72(75)66-63-60-57-54-51-48-44-26-23-20-17-14-11-8-5-2/h17,20,22,25-26,29-30,44,69H,4-16,18-19,21,23-24,27-28,31-43,45-68H2,1-3H3/b20-17-,25-22-,30-29-,44-26-. The second-order valence-corrected chi connectivity index (χ2v) is 23.4. The Kier molecular flexibility index (Phi) is 64.6. The lowest BCUT2D eigenvalue weighted by atomic mass is 10.0. The molecule has 1 atom stereocenters. The van der Waals surface area contributed by atoms with Gasteiger partial charge in [0.15, 0.2) is 6.10 Å². The molecule has 0 radical (unpaired) electrons. The second kappa shape index (κ2) is 66.9. The van der Waals surface area contributed by atoms with E-state index in [1.54, 1.807) is 0 Å².